The number of rotatable bonds is 6. The highest BCUT2D eigenvalue weighted by atomic mass is 32.2. The number of hydrogen-bond acceptors (Lipinski definition) is 4. The molecule has 1 atom stereocenters. The number of esters is 1. The largest absolute Gasteiger partial charge is 0.465 e. The van der Waals surface area contributed by atoms with Gasteiger partial charge >= 0.3 is 5.97 Å². The first-order valence-corrected chi connectivity index (χ1v) is 7.77. The van der Waals surface area contributed by atoms with E-state index in [1.165, 1.54) is 0 Å². The summed E-state index contributed by atoms with van der Waals surface area (Å²) in [4.78, 5) is 24.2. The fourth-order valence-electron chi connectivity index (χ4n) is 1.55. The van der Waals surface area contributed by atoms with Gasteiger partial charge < -0.3 is 10.1 Å². The van der Waals surface area contributed by atoms with Gasteiger partial charge in [0.25, 0.3) is 0 Å². The summed E-state index contributed by atoms with van der Waals surface area (Å²) in [5.74, 6) is -1.48. The third-order valence-corrected chi connectivity index (χ3v) is 4.14. The summed E-state index contributed by atoms with van der Waals surface area (Å²) < 4.78 is 4.96. The zero-order valence-electron chi connectivity index (χ0n) is 13.1. The maximum atomic E-state index is 12.2. The Bertz CT molecular complexity index is 321. The van der Waals surface area contributed by atoms with Crippen molar-refractivity contribution in [3.8, 4) is 0 Å². The number of carbonyl (C=O) groups is 2. The third kappa shape index (κ3) is 6.32. The summed E-state index contributed by atoms with van der Waals surface area (Å²) in [5.41, 5.74) is -0.458. The van der Waals surface area contributed by atoms with E-state index in [-0.39, 0.29) is 17.3 Å². The average Bonchev–Trinajstić information content (AvgIpc) is 2.25. The smallest absolute Gasteiger partial charge is 0.319 e. The first-order chi connectivity index (χ1) is 8.55. The van der Waals surface area contributed by atoms with Crippen LogP contribution in [-0.2, 0) is 14.3 Å². The van der Waals surface area contributed by atoms with Crippen LogP contribution < -0.4 is 5.32 Å². The summed E-state index contributed by atoms with van der Waals surface area (Å²) in [7, 11) is 0. The molecule has 1 unspecified atom stereocenters. The maximum Gasteiger partial charge on any atom is 0.319 e. The summed E-state index contributed by atoms with van der Waals surface area (Å²) in [6, 6.07) is 0. The van der Waals surface area contributed by atoms with E-state index >= 15 is 0 Å². The molecule has 4 nitrogen and oxygen atoms in total. The predicted molar refractivity (Wildman–Crippen MR) is 80.2 cm³/mol. The zero-order chi connectivity index (χ0) is 15.3. The number of nitrogens with one attached hydrogen (secondary N) is 1. The molecule has 112 valence electrons. The minimum Gasteiger partial charge on any atom is -0.465 e. The number of hydrogen-bond donors (Lipinski definition) is 1. The summed E-state index contributed by atoms with van der Waals surface area (Å²) in [5, 5.41) is 2.86. The van der Waals surface area contributed by atoms with Crippen LogP contribution in [0, 0.1) is 11.3 Å². The SMILES string of the molecule is CCOC(=O)C(C(=O)NCC(C)(C)SC)C(C)(C)C. The van der Waals surface area contributed by atoms with Crippen LogP contribution in [0.1, 0.15) is 41.5 Å². The standard InChI is InChI=1S/C14H27NO3S/c1-8-18-12(17)10(13(2,3)4)11(16)15-9-14(5,6)19-7/h10H,8-9H2,1-7H3,(H,15,16). The highest BCUT2D eigenvalue weighted by molar-refractivity contribution is 7.99. The number of carbonyl (C=O) groups excluding carboxylic acids is 2. The van der Waals surface area contributed by atoms with Crippen molar-refractivity contribution in [1.29, 1.82) is 0 Å². The molecule has 1 N–H and O–H groups in total. The Morgan fingerprint density at radius 3 is 2.11 bits per heavy atom. The van der Waals surface area contributed by atoms with Crippen LogP contribution in [0.3, 0.4) is 0 Å². The first-order valence-electron chi connectivity index (χ1n) is 6.54. The Morgan fingerprint density at radius 2 is 1.74 bits per heavy atom. The van der Waals surface area contributed by atoms with Crippen LogP contribution in [-0.4, -0.2) is 36.0 Å². The summed E-state index contributed by atoms with van der Waals surface area (Å²) in [6.45, 7) is 12.3. The molecule has 0 bridgehead atoms. The van der Waals surface area contributed by atoms with Gasteiger partial charge in [0.15, 0.2) is 0 Å². The Balaban J connectivity index is 4.80. The van der Waals surface area contributed by atoms with Crippen molar-refractivity contribution in [1.82, 2.24) is 5.32 Å². The van der Waals surface area contributed by atoms with Gasteiger partial charge in [0.05, 0.1) is 6.61 Å². The van der Waals surface area contributed by atoms with Gasteiger partial charge in [0.2, 0.25) is 5.91 Å². The lowest BCUT2D eigenvalue weighted by Gasteiger charge is -2.29. The monoisotopic (exact) mass is 289 g/mol. The van der Waals surface area contributed by atoms with Crippen molar-refractivity contribution in [2.75, 3.05) is 19.4 Å². The molecule has 0 aliphatic heterocycles. The van der Waals surface area contributed by atoms with E-state index in [9.17, 15) is 9.59 Å². The van der Waals surface area contributed by atoms with Gasteiger partial charge in [0.1, 0.15) is 5.92 Å². The minimum atomic E-state index is -0.773. The second-order valence-electron chi connectivity index (χ2n) is 6.23. The maximum absolute atomic E-state index is 12.2. The van der Waals surface area contributed by atoms with Gasteiger partial charge in [-0.3, -0.25) is 9.59 Å². The van der Waals surface area contributed by atoms with E-state index in [0.29, 0.717) is 6.54 Å². The predicted octanol–water partition coefficient (Wildman–Crippen LogP) is 2.47. The average molecular weight is 289 g/mol. The molecule has 19 heavy (non-hydrogen) atoms. The Hall–Kier alpha value is -0.710. The second-order valence-corrected chi connectivity index (χ2v) is 7.75. The molecule has 0 aromatic rings. The van der Waals surface area contributed by atoms with Crippen molar-refractivity contribution in [3.63, 3.8) is 0 Å². The van der Waals surface area contributed by atoms with Crippen LogP contribution >= 0.6 is 11.8 Å². The molecule has 0 aliphatic rings. The van der Waals surface area contributed by atoms with Gasteiger partial charge in [-0.15, -0.1) is 0 Å². The molecule has 0 fully saturated rings. The molecule has 0 rings (SSSR count). The van der Waals surface area contributed by atoms with Crippen molar-refractivity contribution in [3.05, 3.63) is 0 Å². The van der Waals surface area contributed by atoms with E-state index in [2.05, 4.69) is 19.2 Å². The van der Waals surface area contributed by atoms with Crippen LogP contribution in [0.5, 0.6) is 0 Å². The van der Waals surface area contributed by atoms with Crippen molar-refractivity contribution in [2.45, 2.75) is 46.3 Å². The number of ether oxygens (including phenoxy) is 1. The van der Waals surface area contributed by atoms with Crippen LogP contribution in [0.25, 0.3) is 0 Å². The van der Waals surface area contributed by atoms with Crippen LogP contribution in [0.15, 0.2) is 0 Å². The molecule has 1 amide bonds. The summed E-state index contributed by atoms with van der Waals surface area (Å²) >= 11 is 1.68. The Morgan fingerprint density at radius 1 is 1.21 bits per heavy atom. The van der Waals surface area contributed by atoms with E-state index in [0.717, 1.165) is 0 Å². The zero-order valence-corrected chi connectivity index (χ0v) is 13.9. The fourth-order valence-corrected chi connectivity index (χ4v) is 1.77. The molecule has 0 radical (unpaired) electrons. The van der Waals surface area contributed by atoms with Gasteiger partial charge in [0, 0.05) is 11.3 Å². The van der Waals surface area contributed by atoms with Crippen LogP contribution in [0.4, 0.5) is 0 Å². The highest BCUT2D eigenvalue weighted by Crippen LogP contribution is 2.28. The van der Waals surface area contributed by atoms with Gasteiger partial charge in [-0.1, -0.05) is 20.8 Å². The Kier molecular flexibility index (Phi) is 6.91. The molecule has 5 heteroatoms. The highest BCUT2D eigenvalue weighted by Gasteiger charge is 2.39. The first kappa shape index (κ1) is 18.3. The third-order valence-electron chi connectivity index (χ3n) is 2.89. The lowest BCUT2D eigenvalue weighted by molar-refractivity contribution is -0.156. The molecule has 0 aliphatic carbocycles. The normalized spacial score (nSPS) is 13.8. The van der Waals surface area contributed by atoms with Crippen molar-refractivity contribution >= 4 is 23.6 Å². The lowest BCUT2D eigenvalue weighted by atomic mass is 9.80. The summed E-state index contributed by atoms with van der Waals surface area (Å²) in [6.07, 6.45) is 2.00. The second kappa shape index (κ2) is 7.17. The van der Waals surface area contributed by atoms with Crippen molar-refractivity contribution in [2.24, 2.45) is 11.3 Å². The molecule has 0 saturated heterocycles. The molecule has 0 heterocycles. The van der Waals surface area contributed by atoms with Crippen molar-refractivity contribution < 1.29 is 14.3 Å². The van der Waals surface area contributed by atoms with Gasteiger partial charge in [-0.25, -0.2) is 0 Å². The minimum absolute atomic E-state index is 0.0489. The van der Waals surface area contributed by atoms with E-state index in [4.69, 9.17) is 4.74 Å². The van der Waals surface area contributed by atoms with E-state index < -0.39 is 17.3 Å². The van der Waals surface area contributed by atoms with E-state index in [1.807, 2.05) is 27.0 Å². The van der Waals surface area contributed by atoms with E-state index in [1.54, 1.807) is 18.7 Å². The topological polar surface area (TPSA) is 55.4 Å². The quantitative estimate of drug-likeness (QED) is 0.603. The molecule has 0 saturated carbocycles. The lowest BCUT2D eigenvalue weighted by Crippen LogP contribution is -2.46. The van der Waals surface area contributed by atoms with Gasteiger partial charge in [-0.2, -0.15) is 11.8 Å². The molecular formula is C14H27NO3S. The van der Waals surface area contributed by atoms with Crippen LogP contribution in [0.2, 0.25) is 0 Å². The molecule has 0 spiro atoms. The van der Waals surface area contributed by atoms with Gasteiger partial charge in [-0.05, 0) is 32.4 Å². The number of amides is 1. The molecular weight excluding hydrogens is 262 g/mol. The Labute approximate surface area is 121 Å². The molecule has 0 aromatic carbocycles. The molecule has 0 aromatic heterocycles. The number of thioether (sulfide) groups is 1. The fraction of sp³-hybridized carbons (Fsp3) is 0.857.